The van der Waals surface area contributed by atoms with Gasteiger partial charge in [0.1, 0.15) is 6.61 Å². The molecule has 178 valence electrons. The number of tetrazole rings is 1. The number of nitrogens with two attached hydrogens (primary N) is 1. The van der Waals surface area contributed by atoms with E-state index in [-0.39, 0.29) is 24.0 Å². The van der Waals surface area contributed by atoms with Crippen LogP contribution in [0.15, 0.2) is 42.5 Å². The summed E-state index contributed by atoms with van der Waals surface area (Å²) in [6.07, 6.45) is 6.39. The van der Waals surface area contributed by atoms with Crippen LogP contribution in [0.1, 0.15) is 47.9 Å². The van der Waals surface area contributed by atoms with E-state index in [9.17, 15) is 4.79 Å². The van der Waals surface area contributed by atoms with Crippen LogP contribution in [0, 0.1) is 0 Å². The number of fused-ring (bicyclic) bond motifs is 1. The molecule has 3 aromatic rings. The van der Waals surface area contributed by atoms with E-state index in [1.165, 1.54) is 6.08 Å². The number of aromatic nitrogens is 4. The number of methoxy groups -OCH3 is 1. The van der Waals surface area contributed by atoms with Crippen LogP contribution in [0.2, 0.25) is 0 Å². The lowest BCUT2D eigenvalue weighted by Crippen LogP contribution is -2.51. The van der Waals surface area contributed by atoms with Gasteiger partial charge in [-0.1, -0.05) is 38.0 Å². The van der Waals surface area contributed by atoms with Crippen molar-refractivity contribution in [2.24, 2.45) is 5.73 Å². The molecule has 2 aromatic carbocycles. The first-order valence-corrected chi connectivity index (χ1v) is 11.0. The van der Waals surface area contributed by atoms with Crippen molar-refractivity contribution >= 4 is 11.9 Å². The summed E-state index contributed by atoms with van der Waals surface area (Å²) in [5, 5.41) is 13.5. The van der Waals surface area contributed by atoms with Crippen LogP contribution in [0.4, 0.5) is 0 Å². The standard InChI is InChI=1S/C24H27N5O5/c1-3-4-5-13-32-19-12-10-16(14-21(19)31-2)9-11-18(30)17-7-6-8-20-22(17)34-24(25,15-33-20)23-26-28-29-27-23/h6-12,14H,3-5,13,15,25H2,1-2H3,(H,26,27,28,29). The van der Waals surface area contributed by atoms with Gasteiger partial charge in [0, 0.05) is 0 Å². The molecule has 0 saturated carbocycles. The van der Waals surface area contributed by atoms with E-state index in [1.54, 1.807) is 31.4 Å². The third kappa shape index (κ3) is 5.01. The zero-order valence-electron chi connectivity index (χ0n) is 19.1. The molecular formula is C24H27N5O5. The van der Waals surface area contributed by atoms with E-state index in [0.29, 0.717) is 29.4 Å². The Balaban J connectivity index is 1.51. The summed E-state index contributed by atoms with van der Waals surface area (Å²) in [5.74, 6) is 1.84. The van der Waals surface area contributed by atoms with Gasteiger partial charge < -0.3 is 18.9 Å². The maximum Gasteiger partial charge on any atom is 0.254 e. The number of unbranched alkanes of at least 4 members (excludes halogenated alkanes) is 2. The molecule has 1 aromatic heterocycles. The second kappa shape index (κ2) is 10.3. The molecule has 0 saturated heterocycles. The van der Waals surface area contributed by atoms with Gasteiger partial charge in [0.2, 0.25) is 5.82 Å². The van der Waals surface area contributed by atoms with Crippen molar-refractivity contribution < 1.29 is 23.7 Å². The Hall–Kier alpha value is -3.92. The molecule has 10 nitrogen and oxygen atoms in total. The van der Waals surface area contributed by atoms with Gasteiger partial charge in [0.05, 0.1) is 19.3 Å². The highest BCUT2D eigenvalue weighted by atomic mass is 16.6. The monoisotopic (exact) mass is 465 g/mol. The highest BCUT2D eigenvalue weighted by Gasteiger charge is 2.40. The highest BCUT2D eigenvalue weighted by molar-refractivity contribution is 6.09. The largest absolute Gasteiger partial charge is 0.493 e. The number of nitrogens with one attached hydrogen (secondary N) is 1. The lowest BCUT2D eigenvalue weighted by Gasteiger charge is -2.33. The molecule has 1 aliphatic rings. The van der Waals surface area contributed by atoms with Crippen LogP contribution in [-0.2, 0) is 5.72 Å². The zero-order valence-corrected chi connectivity index (χ0v) is 19.1. The van der Waals surface area contributed by atoms with Crippen molar-refractivity contribution in [3.8, 4) is 23.0 Å². The van der Waals surface area contributed by atoms with Crippen molar-refractivity contribution in [3.05, 3.63) is 59.4 Å². The molecular weight excluding hydrogens is 438 g/mol. The highest BCUT2D eigenvalue weighted by Crippen LogP contribution is 2.39. The number of allylic oxidation sites excluding steroid dienone is 1. The molecule has 1 unspecified atom stereocenters. The Bertz CT molecular complexity index is 1160. The minimum atomic E-state index is -1.45. The summed E-state index contributed by atoms with van der Waals surface area (Å²) in [6, 6.07) is 10.6. The fourth-order valence-corrected chi connectivity index (χ4v) is 3.48. The first-order valence-electron chi connectivity index (χ1n) is 11.0. The van der Waals surface area contributed by atoms with Crippen LogP contribution in [0.3, 0.4) is 0 Å². The molecule has 0 fully saturated rings. The Kier molecular flexibility index (Phi) is 7.07. The number of ketones is 1. The average molecular weight is 466 g/mol. The number of carbonyl (C=O) groups is 1. The van der Waals surface area contributed by atoms with Gasteiger partial charge in [-0.25, -0.2) is 5.10 Å². The van der Waals surface area contributed by atoms with Gasteiger partial charge in [-0.2, -0.15) is 0 Å². The summed E-state index contributed by atoms with van der Waals surface area (Å²) in [5.41, 5.74) is 5.94. The summed E-state index contributed by atoms with van der Waals surface area (Å²) in [7, 11) is 1.59. The van der Waals surface area contributed by atoms with Crippen LogP contribution in [-0.4, -0.2) is 46.7 Å². The first kappa shape index (κ1) is 23.2. The molecule has 2 heterocycles. The fraction of sp³-hybridized carbons (Fsp3) is 0.333. The van der Waals surface area contributed by atoms with E-state index in [4.69, 9.17) is 24.7 Å². The van der Waals surface area contributed by atoms with Crippen molar-refractivity contribution in [1.82, 2.24) is 20.6 Å². The lowest BCUT2D eigenvalue weighted by molar-refractivity contribution is -0.0154. The van der Waals surface area contributed by atoms with Crippen molar-refractivity contribution in [2.45, 2.75) is 31.9 Å². The van der Waals surface area contributed by atoms with Crippen molar-refractivity contribution in [2.75, 3.05) is 20.3 Å². The normalized spacial score (nSPS) is 17.0. The SMILES string of the molecule is CCCCCOc1ccc(C=CC(=O)c2cccc3c2OC(N)(c2nnn[nH]2)CO3)cc1OC. The minimum Gasteiger partial charge on any atom is -0.493 e. The number of ether oxygens (including phenoxy) is 4. The van der Waals surface area contributed by atoms with Gasteiger partial charge in [-0.3, -0.25) is 10.5 Å². The topological polar surface area (TPSA) is 134 Å². The smallest absolute Gasteiger partial charge is 0.254 e. The van der Waals surface area contributed by atoms with Crippen molar-refractivity contribution in [1.29, 1.82) is 0 Å². The van der Waals surface area contributed by atoms with E-state index in [2.05, 4.69) is 27.5 Å². The van der Waals surface area contributed by atoms with E-state index < -0.39 is 5.72 Å². The summed E-state index contributed by atoms with van der Waals surface area (Å²) in [6.45, 7) is 2.76. The molecule has 0 radical (unpaired) electrons. The average Bonchev–Trinajstić information content (AvgIpc) is 3.41. The molecule has 34 heavy (non-hydrogen) atoms. The fourth-order valence-electron chi connectivity index (χ4n) is 3.48. The number of hydrogen-bond donors (Lipinski definition) is 2. The van der Waals surface area contributed by atoms with Gasteiger partial charge >= 0.3 is 0 Å². The van der Waals surface area contributed by atoms with E-state index in [0.717, 1.165) is 24.8 Å². The minimum absolute atomic E-state index is 0.0169. The Morgan fingerprint density at radius 3 is 2.91 bits per heavy atom. The van der Waals surface area contributed by atoms with Crippen LogP contribution in [0.5, 0.6) is 23.0 Å². The van der Waals surface area contributed by atoms with Crippen molar-refractivity contribution in [3.63, 3.8) is 0 Å². The number of rotatable bonds is 10. The van der Waals surface area contributed by atoms with Gasteiger partial charge in [0.15, 0.2) is 28.8 Å². The van der Waals surface area contributed by atoms with Crippen LogP contribution in [0.25, 0.3) is 6.08 Å². The van der Waals surface area contributed by atoms with Gasteiger partial charge in [-0.05, 0) is 52.8 Å². The third-order valence-corrected chi connectivity index (χ3v) is 5.34. The number of carbonyl (C=O) groups excluding carboxylic acids is 1. The molecule has 0 aliphatic carbocycles. The Labute approximate surface area is 197 Å². The van der Waals surface area contributed by atoms with Gasteiger partial charge in [-0.15, -0.1) is 5.10 Å². The molecule has 1 aliphatic heterocycles. The maximum atomic E-state index is 13.0. The quantitative estimate of drug-likeness (QED) is 0.263. The second-order valence-corrected chi connectivity index (χ2v) is 7.83. The molecule has 10 heteroatoms. The second-order valence-electron chi connectivity index (χ2n) is 7.83. The summed E-state index contributed by atoms with van der Waals surface area (Å²) >= 11 is 0. The van der Waals surface area contributed by atoms with E-state index >= 15 is 0 Å². The zero-order chi connectivity index (χ0) is 24.0. The van der Waals surface area contributed by atoms with Gasteiger partial charge in [0.25, 0.3) is 5.72 Å². The summed E-state index contributed by atoms with van der Waals surface area (Å²) < 4.78 is 23.0. The Morgan fingerprint density at radius 2 is 2.15 bits per heavy atom. The number of benzene rings is 2. The number of aromatic amines is 1. The molecule has 1 atom stereocenters. The Morgan fingerprint density at radius 1 is 1.26 bits per heavy atom. The molecule has 0 amide bonds. The third-order valence-electron chi connectivity index (χ3n) is 5.34. The van der Waals surface area contributed by atoms with Crippen LogP contribution >= 0.6 is 0 Å². The predicted octanol–water partition coefficient (Wildman–Crippen LogP) is 3.26. The molecule has 0 spiro atoms. The molecule has 0 bridgehead atoms. The first-order chi connectivity index (χ1) is 16.5. The lowest BCUT2D eigenvalue weighted by atomic mass is 10.1. The predicted molar refractivity (Wildman–Crippen MR) is 124 cm³/mol. The van der Waals surface area contributed by atoms with Crippen LogP contribution < -0.4 is 24.7 Å². The molecule has 4 rings (SSSR count). The maximum absolute atomic E-state index is 13.0. The number of hydrogen-bond acceptors (Lipinski definition) is 9. The molecule has 3 N–H and O–H groups in total. The summed E-state index contributed by atoms with van der Waals surface area (Å²) in [4.78, 5) is 13.0. The number of para-hydroxylation sites is 1. The van der Waals surface area contributed by atoms with E-state index in [1.807, 2.05) is 18.2 Å². The number of H-pyrrole nitrogens is 1. The number of nitrogens with zero attached hydrogens (tertiary/aromatic N) is 3.